The average molecular weight is 460 g/mol. The maximum absolute atomic E-state index is 12.7. The third-order valence-electron chi connectivity index (χ3n) is 5.01. The van der Waals surface area contributed by atoms with E-state index in [4.69, 9.17) is 16.3 Å². The number of aryl methyl sites for hydroxylation is 1. The van der Waals surface area contributed by atoms with E-state index in [1.165, 1.54) is 24.3 Å². The summed E-state index contributed by atoms with van der Waals surface area (Å²) in [6.45, 7) is 3.85. The number of halogens is 1. The second kappa shape index (κ2) is 9.08. The molecular formula is C23H22ClNO5S. The quantitative estimate of drug-likeness (QED) is 0.389. The Morgan fingerprint density at radius 3 is 2.29 bits per heavy atom. The van der Waals surface area contributed by atoms with Crippen LogP contribution in [0, 0.1) is 13.8 Å². The summed E-state index contributed by atoms with van der Waals surface area (Å²) < 4.78 is 30.2. The Kier molecular flexibility index (Phi) is 6.67. The summed E-state index contributed by atoms with van der Waals surface area (Å²) in [5.74, 6) is -1.02. The lowest BCUT2D eigenvalue weighted by Gasteiger charge is -2.11. The summed E-state index contributed by atoms with van der Waals surface area (Å²) in [7, 11) is -3.36. The van der Waals surface area contributed by atoms with E-state index in [1.807, 2.05) is 42.7 Å². The number of esters is 1. The third kappa shape index (κ3) is 5.24. The minimum Gasteiger partial charge on any atom is -0.454 e. The highest BCUT2D eigenvalue weighted by Gasteiger charge is 2.19. The first kappa shape index (κ1) is 22.8. The van der Waals surface area contributed by atoms with E-state index >= 15 is 0 Å². The van der Waals surface area contributed by atoms with Crippen LogP contribution in [0.15, 0.2) is 59.5 Å². The van der Waals surface area contributed by atoms with Crippen LogP contribution in [0.3, 0.4) is 0 Å². The van der Waals surface area contributed by atoms with E-state index < -0.39 is 22.4 Å². The van der Waals surface area contributed by atoms with Crippen molar-refractivity contribution in [2.24, 2.45) is 0 Å². The number of hydrogen-bond donors (Lipinski definition) is 0. The fourth-order valence-corrected chi connectivity index (χ4v) is 4.08. The van der Waals surface area contributed by atoms with Crippen molar-refractivity contribution >= 4 is 33.2 Å². The standard InChI is InChI=1S/C23H22ClNO5S/c1-15-12-20(16(2)25(15)13-18-6-4-5-7-21(18)24)22(26)14-30-23(27)17-8-10-19(11-9-17)31(3,28)29/h4-12H,13-14H2,1-3H3. The molecule has 3 rings (SSSR count). The van der Waals surface area contributed by atoms with Gasteiger partial charge in [0, 0.05) is 34.8 Å². The van der Waals surface area contributed by atoms with Crippen LogP contribution in [0.5, 0.6) is 0 Å². The SMILES string of the molecule is Cc1cc(C(=O)COC(=O)c2ccc(S(C)(=O)=O)cc2)c(C)n1Cc1ccccc1Cl. The normalized spacial score (nSPS) is 11.4. The Hall–Kier alpha value is -2.90. The van der Waals surface area contributed by atoms with Gasteiger partial charge in [-0.05, 0) is 55.8 Å². The first-order valence-corrected chi connectivity index (χ1v) is 11.8. The molecule has 162 valence electrons. The van der Waals surface area contributed by atoms with Crippen molar-refractivity contribution in [1.82, 2.24) is 4.57 Å². The van der Waals surface area contributed by atoms with Gasteiger partial charge in [0.25, 0.3) is 0 Å². The highest BCUT2D eigenvalue weighted by Crippen LogP contribution is 2.22. The highest BCUT2D eigenvalue weighted by molar-refractivity contribution is 7.90. The summed E-state index contributed by atoms with van der Waals surface area (Å²) in [4.78, 5) is 25.0. The molecule has 0 spiro atoms. The molecule has 8 heteroatoms. The number of nitrogens with zero attached hydrogens (tertiary/aromatic N) is 1. The summed E-state index contributed by atoms with van der Waals surface area (Å²) in [5, 5.41) is 0.652. The van der Waals surface area contributed by atoms with Gasteiger partial charge in [-0.15, -0.1) is 0 Å². The van der Waals surface area contributed by atoms with E-state index in [9.17, 15) is 18.0 Å². The Bertz CT molecular complexity index is 1240. The van der Waals surface area contributed by atoms with Crippen molar-refractivity contribution in [3.8, 4) is 0 Å². The molecule has 0 aliphatic carbocycles. The molecule has 6 nitrogen and oxygen atoms in total. The molecule has 0 bridgehead atoms. The van der Waals surface area contributed by atoms with Crippen LogP contribution in [0.2, 0.25) is 5.02 Å². The van der Waals surface area contributed by atoms with Crippen LogP contribution >= 0.6 is 11.6 Å². The van der Waals surface area contributed by atoms with Crippen LogP contribution in [0.25, 0.3) is 0 Å². The number of ether oxygens (including phenoxy) is 1. The Morgan fingerprint density at radius 2 is 1.68 bits per heavy atom. The summed E-state index contributed by atoms with van der Waals surface area (Å²) in [6, 6.07) is 14.7. The fraction of sp³-hybridized carbons (Fsp3) is 0.217. The van der Waals surface area contributed by atoms with Gasteiger partial charge in [0.05, 0.1) is 10.5 Å². The highest BCUT2D eigenvalue weighted by atomic mass is 35.5. The Balaban J connectivity index is 1.70. The number of sulfone groups is 1. The predicted octanol–water partition coefficient (Wildman–Crippen LogP) is 4.25. The molecule has 0 N–H and O–H groups in total. The number of aromatic nitrogens is 1. The minimum atomic E-state index is -3.36. The van der Waals surface area contributed by atoms with E-state index in [1.54, 1.807) is 6.07 Å². The molecule has 2 aromatic carbocycles. The molecule has 0 saturated heterocycles. The molecule has 0 unspecified atom stereocenters. The van der Waals surface area contributed by atoms with Crippen LogP contribution in [-0.2, 0) is 21.1 Å². The van der Waals surface area contributed by atoms with Gasteiger partial charge in [0.15, 0.2) is 16.4 Å². The third-order valence-corrected chi connectivity index (χ3v) is 6.51. The van der Waals surface area contributed by atoms with Crippen LogP contribution < -0.4 is 0 Å². The van der Waals surface area contributed by atoms with Crippen LogP contribution in [-0.4, -0.2) is 37.6 Å². The molecule has 0 aliphatic heterocycles. The molecule has 0 fully saturated rings. The zero-order valence-electron chi connectivity index (χ0n) is 17.4. The number of carbonyl (C=O) groups excluding carboxylic acids is 2. The summed E-state index contributed by atoms with van der Waals surface area (Å²) in [5.41, 5.74) is 3.24. The maximum atomic E-state index is 12.7. The molecule has 0 atom stereocenters. The largest absolute Gasteiger partial charge is 0.454 e. The Labute approximate surface area is 186 Å². The lowest BCUT2D eigenvalue weighted by Crippen LogP contribution is -2.15. The zero-order valence-corrected chi connectivity index (χ0v) is 19.0. The van der Waals surface area contributed by atoms with Gasteiger partial charge in [-0.2, -0.15) is 0 Å². The molecule has 0 aliphatic rings. The van der Waals surface area contributed by atoms with Gasteiger partial charge < -0.3 is 9.30 Å². The summed E-state index contributed by atoms with van der Waals surface area (Å²) >= 11 is 6.25. The second-order valence-corrected chi connectivity index (χ2v) is 9.68. The monoisotopic (exact) mass is 459 g/mol. The van der Waals surface area contributed by atoms with E-state index in [-0.39, 0.29) is 16.2 Å². The zero-order chi connectivity index (χ0) is 22.8. The second-order valence-electron chi connectivity index (χ2n) is 7.26. The van der Waals surface area contributed by atoms with Crippen molar-refractivity contribution in [1.29, 1.82) is 0 Å². The number of benzene rings is 2. The van der Waals surface area contributed by atoms with Gasteiger partial charge in [-0.1, -0.05) is 29.8 Å². The average Bonchev–Trinajstić information content (AvgIpc) is 3.01. The summed E-state index contributed by atoms with van der Waals surface area (Å²) in [6.07, 6.45) is 1.08. The van der Waals surface area contributed by atoms with Crippen molar-refractivity contribution in [3.05, 3.63) is 87.7 Å². The number of ketones is 1. The van der Waals surface area contributed by atoms with Gasteiger partial charge in [-0.3, -0.25) is 4.79 Å². The predicted molar refractivity (Wildman–Crippen MR) is 119 cm³/mol. The van der Waals surface area contributed by atoms with E-state index in [2.05, 4.69) is 0 Å². The number of carbonyl (C=O) groups is 2. The number of Topliss-reactive ketones (excluding diaryl/α,β-unsaturated/α-hetero) is 1. The molecule has 0 amide bonds. The molecular weight excluding hydrogens is 438 g/mol. The molecule has 1 aromatic heterocycles. The van der Waals surface area contributed by atoms with Crippen LogP contribution in [0.4, 0.5) is 0 Å². The minimum absolute atomic E-state index is 0.103. The topological polar surface area (TPSA) is 82.4 Å². The van der Waals surface area contributed by atoms with Crippen molar-refractivity contribution in [2.45, 2.75) is 25.3 Å². The number of rotatable bonds is 7. The first-order chi connectivity index (χ1) is 14.6. The lowest BCUT2D eigenvalue weighted by atomic mass is 10.1. The maximum Gasteiger partial charge on any atom is 0.338 e. The van der Waals surface area contributed by atoms with Crippen molar-refractivity contribution in [2.75, 3.05) is 12.9 Å². The molecule has 3 aromatic rings. The molecule has 31 heavy (non-hydrogen) atoms. The van der Waals surface area contributed by atoms with Gasteiger partial charge in [0.2, 0.25) is 5.78 Å². The smallest absolute Gasteiger partial charge is 0.338 e. The van der Waals surface area contributed by atoms with E-state index in [0.717, 1.165) is 23.2 Å². The Morgan fingerprint density at radius 1 is 1.03 bits per heavy atom. The fourth-order valence-electron chi connectivity index (χ4n) is 3.25. The first-order valence-electron chi connectivity index (χ1n) is 9.48. The lowest BCUT2D eigenvalue weighted by molar-refractivity contribution is 0.0474. The van der Waals surface area contributed by atoms with Crippen molar-refractivity contribution < 1.29 is 22.7 Å². The van der Waals surface area contributed by atoms with Gasteiger partial charge in [0.1, 0.15) is 0 Å². The van der Waals surface area contributed by atoms with Gasteiger partial charge in [-0.25, -0.2) is 13.2 Å². The van der Waals surface area contributed by atoms with E-state index in [0.29, 0.717) is 17.1 Å². The van der Waals surface area contributed by atoms with Gasteiger partial charge >= 0.3 is 5.97 Å². The molecule has 0 saturated carbocycles. The molecule has 0 radical (unpaired) electrons. The van der Waals surface area contributed by atoms with Crippen molar-refractivity contribution in [3.63, 3.8) is 0 Å². The van der Waals surface area contributed by atoms with Crippen LogP contribution in [0.1, 0.15) is 37.7 Å². The molecule has 1 heterocycles. The number of hydrogen-bond acceptors (Lipinski definition) is 5.